The van der Waals surface area contributed by atoms with Crippen molar-refractivity contribution in [1.29, 1.82) is 5.26 Å². The van der Waals surface area contributed by atoms with Crippen molar-refractivity contribution in [2.45, 2.75) is 64.8 Å². The lowest BCUT2D eigenvalue weighted by Crippen LogP contribution is -2.50. The molecule has 0 aromatic carbocycles. The van der Waals surface area contributed by atoms with Crippen molar-refractivity contribution in [3.63, 3.8) is 0 Å². The molecule has 1 rings (SSSR count). The van der Waals surface area contributed by atoms with Crippen LogP contribution in [-0.4, -0.2) is 11.4 Å². The van der Waals surface area contributed by atoms with Crippen molar-refractivity contribution in [1.82, 2.24) is 5.32 Å². The van der Waals surface area contributed by atoms with Gasteiger partial charge in [0.2, 0.25) is 5.91 Å². The van der Waals surface area contributed by atoms with Crippen LogP contribution in [0.4, 0.5) is 0 Å². The number of carbonyl (C=O) groups excluding carboxylic acids is 1. The molecule has 1 amide bonds. The van der Waals surface area contributed by atoms with E-state index in [4.69, 9.17) is 0 Å². The smallest absolute Gasteiger partial charge is 0.226 e. The third-order valence-electron chi connectivity index (χ3n) is 3.21. The Labute approximate surface area is 98.2 Å². The van der Waals surface area contributed by atoms with Crippen molar-refractivity contribution in [2.24, 2.45) is 5.41 Å². The van der Waals surface area contributed by atoms with Gasteiger partial charge in [-0.1, -0.05) is 46.5 Å². The van der Waals surface area contributed by atoms with E-state index >= 15 is 0 Å². The molecule has 0 heterocycles. The molecule has 0 bridgehead atoms. The summed E-state index contributed by atoms with van der Waals surface area (Å²) in [5.41, 5.74) is -1.03. The first kappa shape index (κ1) is 13.0. The van der Waals surface area contributed by atoms with E-state index < -0.39 is 11.0 Å². The van der Waals surface area contributed by atoms with Gasteiger partial charge in [-0.3, -0.25) is 4.79 Å². The molecule has 3 nitrogen and oxygen atoms in total. The number of carbonyl (C=O) groups is 1. The van der Waals surface area contributed by atoms with E-state index in [0.29, 0.717) is 0 Å². The van der Waals surface area contributed by atoms with Crippen LogP contribution < -0.4 is 5.32 Å². The van der Waals surface area contributed by atoms with Crippen LogP contribution in [0, 0.1) is 16.7 Å². The van der Waals surface area contributed by atoms with Crippen LogP contribution in [0.15, 0.2) is 0 Å². The zero-order valence-electron chi connectivity index (χ0n) is 10.6. The molecule has 0 aliphatic heterocycles. The summed E-state index contributed by atoms with van der Waals surface area (Å²) in [6, 6.07) is 2.33. The Hall–Kier alpha value is -1.04. The molecule has 0 radical (unpaired) electrons. The third kappa shape index (κ3) is 3.23. The lowest BCUT2D eigenvalue weighted by molar-refractivity contribution is -0.130. The minimum Gasteiger partial charge on any atom is -0.337 e. The van der Waals surface area contributed by atoms with Crippen LogP contribution >= 0.6 is 0 Å². The molecule has 1 aliphatic carbocycles. The normalized spacial score (nSPS) is 20.6. The molecular weight excluding hydrogens is 200 g/mol. The summed E-state index contributed by atoms with van der Waals surface area (Å²) in [5.74, 6) is -0.0176. The fraction of sp³-hybridized carbons (Fsp3) is 0.846. The molecular formula is C13H22N2O. The van der Waals surface area contributed by atoms with Gasteiger partial charge in [0.25, 0.3) is 0 Å². The zero-order chi connectivity index (χ0) is 12.2. The largest absolute Gasteiger partial charge is 0.337 e. The maximum Gasteiger partial charge on any atom is 0.226 e. The molecule has 0 spiro atoms. The maximum absolute atomic E-state index is 11.9. The quantitative estimate of drug-likeness (QED) is 0.693. The Bertz CT molecular complexity index is 288. The summed E-state index contributed by atoms with van der Waals surface area (Å²) in [4.78, 5) is 11.9. The number of rotatable bonds is 1. The van der Waals surface area contributed by atoms with Gasteiger partial charge in [0.1, 0.15) is 5.54 Å². The molecule has 0 aromatic heterocycles. The fourth-order valence-electron chi connectivity index (χ4n) is 2.00. The predicted octanol–water partition coefficient (Wildman–Crippen LogP) is 2.77. The van der Waals surface area contributed by atoms with Crippen molar-refractivity contribution >= 4 is 5.91 Å². The summed E-state index contributed by atoms with van der Waals surface area (Å²) < 4.78 is 0. The molecule has 0 atom stereocenters. The van der Waals surface area contributed by atoms with Gasteiger partial charge in [-0.15, -0.1) is 0 Å². The van der Waals surface area contributed by atoms with Crippen LogP contribution in [0.3, 0.4) is 0 Å². The van der Waals surface area contributed by atoms with Crippen LogP contribution in [0.25, 0.3) is 0 Å². The van der Waals surface area contributed by atoms with Gasteiger partial charge >= 0.3 is 0 Å². The molecule has 0 saturated heterocycles. The van der Waals surface area contributed by atoms with E-state index in [0.717, 1.165) is 25.7 Å². The van der Waals surface area contributed by atoms with Gasteiger partial charge in [-0.25, -0.2) is 0 Å². The Morgan fingerprint density at radius 3 is 2.06 bits per heavy atom. The topological polar surface area (TPSA) is 52.9 Å². The highest BCUT2D eigenvalue weighted by Crippen LogP contribution is 2.28. The average Bonchev–Trinajstić information content (AvgIpc) is 2.43. The first-order valence-electron chi connectivity index (χ1n) is 6.13. The molecule has 16 heavy (non-hydrogen) atoms. The third-order valence-corrected chi connectivity index (χ3v) is 3.21. The predicted molar refractivity (Wildman–Crippen MR) is 63.6 cm³/mol. The van der Waals surface area contributed by atoms with Gasteiger partial charge in [0, 0.05) is 5.41 Å². The summed E-state index contributed by atoms with van der Waals surface area (Å²) in [5, 5.41) is 12.3. The van der Waals surface area contributed by atoms with Crippen molar-refractivity contribution < 1.29 is 4.79 Å². The monoisotopic (exact) mass is 222 g/mol. The molecule has 1 fully saturated rings. The number of amides is 1. The minimum atomic E-state index is -0.610. The number of hydrogen-bond acceptors (Lipinski definition) is 2. The lowest BCUT2D eigenvalue weighted by atomic mass is 9.88. The van der Waals surface area contributed by atoms with Gasteiger partial charge in [-0.2, -0.15) is 5.26 Å². The Morgan fingerprint density at radius 1 is 1.19 bits per heavy atom. The van der Waals surface area contributed by atoms with Crippen LogP contribution in [0.1, 0.15) is 59.3 Å². The number of nitrogens with zero attached hydrogens (tertiary/aromatic N) is 1. The van der Waals surface area contributed by atoms with Crippen LogP contribution in [0.5, 0.6) is 0 Å². The molecule has 1 aliphatic rings. The molecule has 90 valence electrons. The van der Waals surface area contributed by atoms with Crippen molar-refractivity contribution in [3.05, 3.63) is 0 Å². The Morgan fingerprint density at radius 2 is 1.69 bits per heavy atom. The van der Waals surface area contributed by atoms with Gasteiger partial charge in [-0.05, 0) is 12.8 Å². The molecule has 0 aromatic rings. The second-order valence-corrected chi connectivity index (χ2v) is 5.81. The van der Waals surface area contributed by atoms with Crippen molar-refractivity contribution in [2.75, 3.05) is 0 Å². The van der Waals surface area contributed by atoms with Crippen molar-refractivity contribution in [3.8, 4) is 6.07 Å². The standard InChI is InChI=1S/C13H22N2O/c1-12(2,3)11(16)15-13(10-14)8-6-4-5-7-9-13/h4-9H2,1-3H3,(H,15,16). The minimum absolute atomic E-state index is 0.0176. The number of nitriles is 1. The summed E-state index contributed by atoms with van der Waals surface area (Å²) >= 11 is 0. The summed E-state index contributed by atoms with van der Waals surface area (Å²) in [6.45, 7) is 5.64. The first-order valence-corrected chi connectivity index (χ1v) is 6.13. The van der Waals surface area contributed by atoms with Gasteiger partial charge in [0.15, 0.2) is 0 Å². The van der Waals surface area contributed by atoms with Crippen LogP contribution in [0.2, 0.25) is 0 Å². The van der Waals surface area contributed by atoms with Gasteiger partial charge < -0.3 is 5.32 Å². The SMILES string of the molecule is CC(C)(C)C(=O)NC1(C#N)CCCCCC1. The Balaban J connectivity index is 2.74. The molecule has 1 N–H and O–H groups in total. The highest BCUT2D eigenvalue weighted by molar-refractivity contribution is 5.82. The second kappa shape index (κ2) is 4.86. The number of hydrogen-bond donors (Lipinski definition) is 1. The lowest BCUT2D eigenvalue weighted by Gasteiger charge is -2.30. The first-order chi connectivity index (χ1) is 7.40. The maximum atomic E-state index is 11.9. The van der Waals surface area contributed by atoms with E-state index in [2.05, 4.69) is 11.4 Å². The molecule has 0 unspecified atom stereocenters. The highest BCUT2D eigenvalue weighted by Gasteiger charge is 2.35. The molecule has 3 heteroatoms. The fourth-order valence-corrected chi connectivity index (χ4v) is 2.00. The van der Waals surface area contributed by atoms with Crippen LogP contribution in [-0.2, 0) is 4.79 Å². The van der Waals surface area contributed by atoms with E-state index in [1.165, 1.54) is 12.8 Å². The van der Waals surface area contributed by atoms with E-state index in [9.17, 15) is 10.1 Å². The molecule has 1 saturated carbocycles. The average molecular weight is 222 g/mol. The van der Waals surface area contributed by atoms with E-state index in [1.54, 1.807) is 0 Å². The summed E-state index contributed by atoms with van der Waals surface area (Å²) in [6.07, 6.45) is 6.02. The summed E-state index contributed by atoms with van der Waals surface area (Å²) in [7, 11) is 0. The van der Waals surface area contributed by atoms with E-state index in [1.807, 2.05) is 20.8 Å². The zero-order valence-corrected chi connectivity index (χ0v) is 10.6. The van der Waals surface area contributed by atoms with E-state index in [-0.39, 0.29) is 5.91 Å². The van der Waals surface area contributed by atoms with Gasteiger partial charge in [0.05, 0.1) is 6.07 Å². The number of nitrogens with one attached hydrogen (secondary N) is 1. The second-order valence-electron chi connectivity index (χ2n) is 5.81. The highest BCUT2D eigenvalue weighted by atomic mass is 16.2. The Kier molecular flexibility index (Phi) is 3.96.